The van der Waals surface area contributed by atoms with Crippen LogP contribution in [0.4, 0.5) is 4.39 Å². The summed E-state index contributed by atoms with van der Waals surface area (Å²) in [6.07, 6.45) is 2.28. The lowest BCUT2D eigenvalue weighted by atomic mass is 9.98. The molecule has 3 rings (SSSR count). The van der Waals surface area contributed by atoms with E-state index in [1.54, 1.807) is 30.3 Å². The summed E-state index contributed by atoms with van der Waals surface area (Å²) in [6, 6.07) is 20.1. The van der Waals surface area contributed by atoms with Gasteiger partial charge < -0.3 is 9.84 Å². The Morgan fingerprint density at radius 1 is 0.967 bits per heavy atom. The number of rotatable bonds is 8. The number of carbonyl (C=O) groups is 1. The summed E-state index contributed by atoms with van der Waals surface area (Å²) in [5.41, 5.74) is 4.13. The lowest BCUT2D eigenvalue weighted by Gasteiger charge is -2.10. The standard InChI is InChI=1S/C26H27FO3/c1-3-18(2)26(29)30-23-13-10-21(11-14-23)24-15-12-22(17-25(24)27)20-8-6-19(7-9-20)5-4-16-28/h6-15,17-18,28H,3-5,16H2,1-2H3. The van der Waals surface area contributed by atoms with Gasteiger partial charge in [0.15, 0.2) is 0 Å². The second-order valence-corrected chi connectivity index (χ2v) is 7.47. The molecule has 3 aromatic rings. The summed E-state index contributed by atoms with van der Waals surface area (Å²) in [5, 5.41) is 8.93. The van der Waals surface area contributed by atoms with Crippen LogP contribution in [0.5, 0.6) is 5.75 Å². The third-order valence-electron chi connectivity index (χ3n) is 5.28. The van der Waals surface area contributed by atoms with Gasteiger partial charge in [0, 0.05) is 12.2 Å². The van der Waals surface area contributed by atoms with Crippen molar-refractivity contribution in [1.29, 1.82) is 0 Å². The van der Waals surface area contributed by atoms with Crippen molar-refractivity contribution >= 4 is 5.97 Å². The van der Waals surface area contributed by atoms with E-state index in [9.17, 15) is 9.18 Å². The van der Waals surface area contributed by atoms with Crippen LogP contribution in [0, 0.1) is 11.7 Å². The van der Waals surface area contributed by atoms with Crippen molar-refractivity contribution in [1.82, 2.24) is 0 Å². The molecule has 0 fully saturated rings. The van der Waals surface area contributed by atoms with Gasteiger partial charge in [-0.25, -0.2) is 4.39 Å². The van der Waals surface area contributed by atoms with Crippen molar-refractivity contribution in [3.05, 3.63) is 78.1 Å². The highest BCUT2D eigenvalue weighted by molar-refractivity contribution is 5.75. The molecule has 4 heteroatoms. The fraction of sp³-hybridized carbons (Fsp3) is 0.269. The van der Waals surface area contributed by atoms with Crippen molar-refractivity contribution in [2.24, 2.45) is 5.92 Å². The molecule has 0 radical (unpaired) electrons. The number of aliphatic hydroxyl groups is 1. The SMILES string of the molecule is CCC(C)C(=O)Oc1ccc(-c2ccc(-c3ccc(CCCO)cc3)cc2F)cc1. The summed E-state index contributed by atoms with van der Waals surface area (Å²) in [5.74, 6) is -0.259. The molecule has 1 atom stereocenters. The van der Waals surface area contributed by atoms with Crippen LogP contribution in [0.15, 0.2) is 66.7 Å². The van der Waals surface area contributed by atoms with Crippen LogP contribution in [0.25, 0.3) is 22.3 Å². The Kier molecular flexibility index (Phi) is 7.36. The Labute approximate surface area is 177 Å². The molecule has 30 heavy (non-hydrogen) atoms. The Morgan fingerprint density at radius 3 is 2.20 bits per heavy atom. The van der Waals surface area contributed by atoms with Gasteiger partial charge in [0.2, 0.25) is 0 Å². The molecule has 1 unspecified atom stereocenters. The molecule has 0 saturated carbocycles. The highest BCUT2D eigenvalue weighted by atomic mass is 19.1. The smallest absolute Gasteiger partial charge is 0.314 e. The fourth-order valence-electron chi connectivity index (χ4n) is 3.16. The third kappa shape index (κ3) is 5.33. The fourth-order valence-corrected chi connectivity index (χ4v) is 3.16. The van der Waals surface area contributed by atoms with E-state index >= 15 is 0 Å². The molecule has 0 bridgehead atoms. The average molecular weight is 406 g/mol. The summed E-state index contributed by atoms with van der Waals surface area (Å²) in [4.78, 5) is 11.9. The van der Waals surface area contributed by atoms with Gasteiger partial charge in [-0.15, -0.1) is 0 Å². The van der Waals surface area contributed by atoms with E-state index in [4.69, 9.17) is 9.84 Å². The minimum atomic E-state index is -0.304. The number of aliphatic hydroxyl groups excluding tert-OH is 1. The minimum absolute atomic E-state index is 0.154. The van der Waals surface area contributed by atoms with Crippen molar-refractivity contribution in [3.63, 3.8) is 0 Å². The number of hydrogen-bond donors (Lipinski definition) is 1. The molecule has 1 N–H and O–H groups in total. The first-order valence-corrected chi connectivity index (χ1v) is 10.3. The van der Waals surface area contributed by atoms with Crippen molar-refractivity contribution in [3.8, 4) is 28.0 Å². The average Bonchev–Trinajstić information content (AvgIpc) is 2.78. The number of ether oxygens (including phenoxy) is 1. The van der Waals surface area contributed by atoms with Crippen LogP contribution in [0.2, 0.25) is 0 Å². The van der Waals surface area contributed by atoms with Crippen LogP contribution in [0.1, 0.15) is 32.3 Å². The summed E-state index contributed by atoms with van der Waals surface area (Å²) >= 11 is 0. The van der Waals surface area contributed by atoms with Crippen LogP contribution >= 0.6 is 0 Å². The van der Waals surface area contributed by atoms with Crippen molar-refractivity contribution < 1.29 is 19.0 Å². The molecule has 0 saturated heterocycles. The van der Waals surface area contributed by atoms with Gasteiger partial charge in [-0.3, -0.25) is 4.79 Å². The van der Waals surface area contributed by atoms with Crippen LogP contribution in [-0.4, -0.2) is 17.7 Å². The molecule has 0 aromatic heterocycles. The normalized spacial score (nSPS) is 11.9. The van der Waals surface area contributed by atoms with Crippen molar-refractivity contribution in [2.75, 3.05) is 6.61 Å². The molecule has 0 aliphatic carbocycles. The monoisotopic (exact) mass is 406 g/mol. The second-order valence-electron chi connectivity index (χ2n) is 7.47. The molecular weight excluding hydrogens is 379 g/mol. The van der Waals surface area contributed by atoms with E-state index in [1.807, 2.05) is 44.2 Å². The van der Waals surface area contributed by atoms with E-state index in [0.29, 0.717) is 11.3 Å². The maximum Gasteiger partial charge on any atom is 0.314 e. The molecule has 0 aliphatic heterocycles. The van der Waals surface area contributed by atoms with Gasteiger partial charge in [-0.1, -0.05) is 62.4 Å². The zero-order valence-corrected chi connectivity index (χ0v) is 17.4. The topological polar surface area (TPSA) is 46.5 Å². The van der Waals surface area contributed by atoms with Crippen LogP contribution in [0.3, 0.4) is 0 Å². The Morgan fingerprint density at radius 2 is 1.60 bits per heavy atom. The van der Waals surface area contributed by atoms with Gasteiger partial charge in [-0.2, -0.15) is 0 Å². The number of halogens is 1. The number of aryl methyl sites for hydroxylation is 1. The zero-order valence-electron chi connectivity index (χ0n) is 17.4. The Balaban J connectivity index is 1.74. The molecule has 0 spiro atoms. The number of carbonyl (C=O) groups excluding carboxylic acids is 1. The predicted molar refractivity (Wildman–Crippen MR) is 118 cm³/mol. The molecular formula is C26H27FO3. The largest absolute Gasteiger partial charge is 0.426 e. The van der Waals surface area contributed by atoms with E-state index in [1.165, 1.54) is 6.07 Å². The Bertz CT molecular complexity index is 978. The first-order valence-electron chi connectivity index (χ1n) is 10.3. The minimum Gasteiger partial charge on any atom is -0.426 e. The first-order chi connectivity index (χ1) is 14.5. The molecule has 0 aliphatic rings. The first kappa shape index (κ1) is 21.7. The van der Waals surface area contributed by atoms with E-state index in [0.717, 1.165) is 41.5 Å². The molecule has 3 nitrogen and oxygen atoms in total. The van der Waals surface area contributed by atoms with Gasteiger partial charge in [0.1, 0.15) is 11.6 Å². The van der Waals surface area contributed by atoms with E-state index in [-0.39, 0.29) is 24.3 Å². The molecule has 156 valence electrons. The van der Waals surface area contributed by atoms with Gasteiger partial charge >= 0.3 is 5.97 Å². The summed E-state index contributed by atoms with van der Waals surface area (Å²) in [7, 11) is 0. The van der Waals surface area contributed by atoms with Gasteiger partial charge in [0.05, 0.1) is 5.92 Å². The van der Waals surface area contributed by atoms with Gasteiger partial charge in [-0.05, 0) is 59.7 Å². The van der Waals surface area contributed by atoms with Crippen molar-refractivity contribution in [2.45, 2.75) is 33.1 Å². The maximum absolute atomic E-state index is 14.8. The van der Waals surface area contributed by atoms with Crippen LogP contribution < -0.4 is 4.74 Å². The summed E-state index contributed by atoms with van der Waals surface area (Å²) < 4.78 is 20.2. The van der Waals surface area contributed by atoms with Gasteiger partial charge in [0.25, 0.3) is 0 Å². The highest BCUT2D eigenvalue weighted by Crippen LogP contribution is 2.29. The van der Waals surface area contributed by atoms with E-state index in [2.05, 4.69) is 0 Å². The Hall–Kier alpha value is -2.98. The lowest BCUT2D eigenvalue weighted by molar-refractivity contribution is -0.138. The molecule has 0 heterocycles. The van der Waals surface area contributed by atoms with E-state index < -0.39 is 0 Å². The molecule has 0 amide bonds. The quantitative estimate of drug-likeness (QED) is 0.367. The second kappa shape index (κ2) is 10.2. The predicted octanol–water partition coefficient (Wildman–Crippen LogP) is 6.04. The van der Waals surface area contributed by atoms with Crippen LogP contribution in [-0.2, 0) is 11.2 Å². The third-order valence-corrected chi connectivity index (χ3v) is 5.28. The maximum atomic E-state index is 14.8. The molecule has 3 aromatic carbocycles. The summed E-state index contributed by atoms with van der Waals surface area (Å²) in [6.45, 7) is 3.94. The zero-order chi connectivity index (χ0) is 21.5. The number of benzene rings is 3. The highest BCUT2D eigenvalue weighted by Gasteiger charge is 2.13. The lowest BCUT2D eigenvalue weighted by Crippen LogP contribution is -2.16. The number of hydrogen-bond acceptors (Lipinski definition) is 3. The number of esters is 1.